The highest BCUT2D eigenvalue weighted by atomic mass is 79.9. The molecular formula is C17H27BrN2O. The fraction of sp³-hybridized carbons (Fsp3) is 0.588. The predicted octanol–water partition coefficient (Wildman–Crippen LogP) is 3.81. The first-order valence-corrected chi connectivity index (χ1v) is 8.31. The van der Waals surface area contributed by atoms with Gasteiger partial charge in [-0.05, 0) is 56.3 Å². The van der Waals surface area contributed by atoms with Gasteiger partial charge in [0.2, 0.25) is 5.91 Å². The van der Waals surface area contributed by atoms with Crippen LogP contribution in [0.15, 0.2) is 28.7 Å². The first kappa shape index (κ1) is 18.2. The summed E-state index contributed by atoms with van der Waals surface area (Å²) in [5.74, 6) is 0.885. The van der Waals surface area contributed by atoms with Crippen molar-refractivity contribution in [2.45, 2.75) is 46.1 Å². The number of amides is 1. The fourth-order valence-electron chi connectivity index (χ4n) is 2.53. The van der Waals surface area contributed by atoms with Gasteiger partial charge < -0.3 is 11.1 Å². The van der Waals surface area contributed by atoms with Crippen molar-refractivity contribution in [1.29, 1.82) is 0 Å². The maximum Gasteiger partial charge on any atom is 0.220 e. The summed E-state index contributed by atoms with van der Waals surface area (Å²) in [6.45, 7) is 8.92. The third-order valence-corrected chi connectivity index (χ3v) is 4.16. The molecule has 0 radical (unpaired) electrons. The smallest absolute Gasteiger partial charge is 0.220 e. The van der Waals surface area contributed by atoms with Gasteiger partial charge in [0.15, 0.2) is 0 Å². The number of rotatable bonds is 7. The summed E-state index contributed by atoms with van der Waals surface area (Å²) in [4.78, 5) is 12.3. The molecule has 0 heterocycles. The third kappa shape index (κ3) is 6.18. The average molecular weight is 355 g/mol. The molecule has 3 nitrogen and oxygen atoms in total. The second kappa shape index (κ2) is 7.95. The summed E-state index contributed by atoms with van der Waals surface area (Å²) in [6, 6.07) is 8.03. The van der Waals surface area contributed by atoms with Crippen LogP contribution in [0.1, 0.15) is 46.1 Å². The Morgan fingerprint density at radius 2 is 1.86 bits per heavy atom. The molecule has 0 saturated carbocycles. The Balaban J connectivity index is 2.65. The van der Waals surface area contributed by atoms with Crippen molar-refractivity contribution in [3.63, 3.8) is 0 Å². The Labute approximate surface area is 136 Å². The molecule has 1 amide bonds. The topological polar surface area (TPSA) is 55.1 Å². The Morgan fingerprint density at radius 3 is 2.33 bits per heavy atom. The van der Waals surface area contributed by atoms with Gasteiger partial charge in [0.05, 0.1) is 5.54 Å². The molecule has 1 rings (SSSR count). The molecule has 0 bridgehead atoms. The van der Waals surface area contributed by atoms with Crippen molar-refractivity contribution in [3.05, 3.63) is 34.3 Å². The largest absolute Gasteiger partial charge is 0.347 e. The summed E-state index contributed by atoms with van der Waals surface area (Å²) in [6.07, 6.45) is 1.48. The van der Waals surface area contributed by atoms with Gasteiger partial charge in [0, 0.05) is 10.9 Å². The summed E-state index contributed by atoms with van der Waals surface area (Å²) >= 11 is 3.43. The molecule has 0 aliphatic rings. The molecule has 1 aromatic rings. The van der Waals surface area contributed by atoms with E-state index in [1.807, 2.05) is 38.1 Å². The van der Waals surface area contributed by atoms with E-state index in [9.17, 15) is 4.79 Å². The van der Waals surface area contributed by atoms with Gasteiger partial charge in [-0.15, -0.1) is 0 Å². The maximum atomic E-state index is 12.3. The van der Waals surface area contributed by atoms with E-state index >= 15 is 0 Å². The van der Waals surface area contributed by atoms with Crippen LogP contribution in [-0.4, -0.2) is 12.5 Å². The summed E-state index contributed by atoms with van der Waals surface area (Å²) in [5, 5.41) is 3.12. The summed E-state index contributed by atoms with van der Waals surface area (Å²) < 4.78 is 1.04. The van der Waals surface area contributed by atoms with Gasteiger partial charge in [-0.1, -0.05) is 41.9 Å². The van der Waals surface area contributed by atoms with Gasteiger partial charge in [-0.2, -0.15) is 0 Å². The quantitative estimate of drug-likeness (QED) is 0.781. The van der Waals surface area contributed by atoms with E-state index < -0.39 is 0 Å². The highest BCUT2D eigenvalue weighted by Crippen LogP contribution is 2.23. The van der Waals surface area contributed by atoms with Crippen LogP contribution in [0.2, 0.25) is 0 Å². The zero-order valence-electron chi connectivity index (χ0n) is 13.4. The number of carbonyl (C=O) groups is 1. The van der Waals surface area contributed by atoms with E-state index in [1.165, 1.54) is 0 Å². The highest BCUT2D eigenvalue weighted by Gasteiger charge is 2.24. The van der Waals surface area contributed by atoms with Crippen LogP contribution >= 0.6 is 15.9 Å². The number of hydrogen-bond donors (Lipinski definition) is 2. The first-order valence-electron chi connectivity index (χ1n) is 7.51. The Hall–Kier alpha value is -0.870. The minimum Gasteiger partial charge on any atom is -0.347 e. The van der Waals surface area contributed by atoms with E-state index in [4.69, 9.17) is 5.73 Å². The highest BCUT2D eigenvalue weighted by molar-refractivity contribution is 9.10. The number of benzene rings is 1. The molecule has 1 atom stereocenters. The lowest BCUT2D eigenvalue weighted by atomic mass is 9.91. The van der Waals surface area contributed by atoms with Crippen molar-refractivity contribution in [1.82, 2.24) is 5.32 Å². The van der Waals surface area contributed by atoms with Gasteiger partial charge in [0.1, 0.15) is 0 Å². The van der Waals surface area contributed by atoms with Crippen molar-refractivity contribution in [3.8, 4) is 0 Å². The van der Waals surface area contributed by atoms with E-state index in [0.29, 0.717) is 18.9 Å². The van der Waals surface area contributed by atoms with Gasteiger partial charge in [-0.25, -0.2) is 0 Å². The lowest BCUT2D eigenvalue weighted by Crippen LogP contribution is -2.42. The number of nitrogens with one attached hydrogen (secondary N) is 1. The third-order valence-electron chi connectivity index (χ3n) is 3.63. The molecule has 0 spiro atoms. The monoisotopic (exact) mass is 354 g/mol. The molecule has 0 aromatic heterocycles. The van der Waals surface area contributed by atoms with Crippen LogP contribution in [0.3, 0.4) is 0 Å². The van der Waals surface area contributed by atoms with Gasteiger partial charge in [-0.3, -0.25) is 4.79 Å². The zero-order chi connectivity index (χ0) is 16.0. The normalized spacial score (nSPS) is 13.3. The molecule has 0 aliphatic carbocycles. The molecular weight excluding hydrogens is 328 g/mol. The predicted molar refractivity (Wildman–Crippen MR) is 91.9 cm³/mol. The Morgan fingerprint density at radius 1 is 1.29 bits per heavy atom. The summed E-state index contributed by atoms with van der Waals surface area (Å²) in [7, 11) is 0. The molecule has 0 fully saturated rings. The second-order valence-electron chi connectivity index (χ2n) is 6.62. The number of hydrogen-bond acceptors (Lipinski definition) is 2. The second-order valence-corrected chi connectivity index (χ2v) is 7.53. The fourth-order valence-corrected chi connectivity index (χ4v) is 2.79. The minimum atomic E-state index is -0.380. The van der Waals surface area contributed by atoms with E-state index in [2.05, 4.69) is 35.1 Å². The van der Waals surface area contributed by atoms with Crippen LogP contribution in [0.25, 0.3) is 0 Å². The van der Waals surface area contributed by atoms with Gasteiger partial charge in [0.25, 0.3) is 0 Å². The zero-order valence-corrected chi connectivity index (χ0v) is 15.0. The van der Waals surface area contributed by atoms with Crippen molar-refractivity contribution in [2.24, 2.45) is 17.6 Å². The SMILES string of the molecule is CC(C)C[C@H](CN)CC(=O)NC(C)(C)c1ccc(Br)cc1. The van der Waals surface area contributed by atoms with E-state index in [-0.39, 0.29) is 17.4 Å². The van der Waals surface area contributed by atoms with E-state index in [0.717, 1.165) is 16.5 Å². The van der Waals surface area contributed by atoms with Crippen molar-refractivity contribution in [2.75, 3.05) is 6.54 Å². The molecule has 118 valence electrons. The number of halogens is 1. The van der Waals surface area contributed by atoms with Gasteiger partial charge >= 0.3 is 0 Å². The lowest BCUT2D eigenvalue weighted by Gasteiger charge is -2.28. The maximum absolute atomic E-state index is 12.3. The van der Waals surface area contributed by atoms with Crippen LogP contribution in [0, 0.1) is 11.8 Å². The van der Waals surface area contributed by atoms with Crippen LogP contribution in [-0.2, 0) is 10.3 Å². The molecule has 0 saturated heterocycles. The molecule has 21 heavy (non-hydrogen) atoms. The molecule has 4 heteroatoms. The van der Waals surface area contributed by atoms with Crippen molar-refractivity contribution < 1.29 is 4.79 Å². The lowest BCUT2D eigenvalue weighted by molar-refractivity contribution is -0.123. The van der Waals surface area contributed by atoms with Crippen molar-refractivity contribution >= 4 is 21.8 Å². The standard InChI is InChI=1S/C17H27BrN2O/c1-12(2)9-13(11-19)10-16(21)20-17(3,4)14-5-7-15(18)8-6-14/h5-8,12-13H,9-11,19H2,1-4H3,(H,20,21)/t13-/m0/s1. The average Bonchev–Trinajstić information content (AvgIpc) is 2.37. The molecule has 1 aromatic carbocycles. The Bertz CT molecular complexity index is 454. The molecule has 0 aliphatic heterocycles. The summed E-state index contributed by atoms with van der Waals surface area (Å²) in [5.41, 5.74) is 6.49. The molecule has 0 unspecified atom stereocenters. The van der Waals surface area contributed by atoms with Crippen LogP contribution in [0.5, 0.6) is 0 Å². The van der Waals surface area contributed by atoms with E-state index in [1.54, 1.807) is 0 Å². The van der Waals surface area contributed by atoms with Crippen LogP contribution in [0.4, 0.5) is 0 Å². The Kier molecular flexibility index (Phi) is 6.88. The number of carbonyl (C=O) groups excluding carboxylic acids is 1. The first-order chi connectivity index (χ1) is 9.74. The van der Waals surface area contributed by atoms with Crippen LogP contribution < -0.4 is 11.1 Å². The number of nitrogens with two attached hydrogens (primary N) is 1. The minimum absolute atomic E-state index is 0.0685. The molecule has 3 N–H and O–H groups in total.